The number of hydrogen-bond acceptors (Lipinski definition) is 19. The van der Waals surface area contributed by atoms with Crippen molar-refractivity contribution in [1.29, 1.82) is 0 Å². The second-order valence-corrected chi connectivity index (χ2v) is 16.6. The number of phosphoric ester groups is 2. The Morgan fingerprint density at radius 1 is 1.03 bits per heavy atom. The zero-order valence-corrected chi connectivity index (χ0v) is 33.6. The maximum atomic E-state index is 13.2. The van der Waals surface area contributed by atoms with Gasteiger partial charge in [0.1, 0.15) is 61.6 Å². The molecule has 0 aliphatic carbocycles. The molecule has 29 heteroatoms. The van der Waals surface area contributed by atoms with Crippen LogP contribution in [0.1, 0.15) is 17.4 Å². The van der Waals surface area contributed by atoms with Crippen LogP contribution in [0.15, 0.2) is 45.4 Å². The van der Waals surface area contributed by atoms with Crippen molar-refractivity contribution < 1.29 is 81.6 Å². The van der Waals surface area contributed by atoms with Crippen LogP contribution in [-0.4, -0.2) is 138 Å². The van der Waals surface area contributed by atoms with E-state index in [9.17, 15) is 58.8 Å². The van der Waals surface area contributed by atoms with Gasteiger partial charge < -0.3 is 50.9 Å². The van der Waals surface area contributed by atoms with E-state index in [1.165, 1.54) is 38.5 Å². The number of aliphatic imine (C=N–C) groups is 1. The number of nitrogens with one attached hydrogen (secondary N) is 2. The van der Waals surface area contributed by atoms with Gasteiger partial charge in [-0.2, -0.15) is 9.29 Å². The number of aromatic amines is 2. The Balaban J connectivity index is 1.13. The zero-order chi connectivity index (χ0) is 44.6. The van der Waals surface area contributed by atoms with Crippen LogP contribution in [0.25, 0.3) is 39.6 Å². The van der Waals surface area contributed by atoms with E-state index in [4.69, 9.17) is 20.1 Å². The number of carboxylic acid groups (broad SMARTS) is 1. The molecule has 9 atom stereocenters. The molecule has 1 fully saturated rings. The Morgan fingerprint density at radius 3 is 2.43 bits per heavy atom. The largest absolute Gasteiger partial charge is 0.481 e. The first-order valence-corrected chi connectivity index (χ1v) is 20.7. The summed E-state index contributed by atoms with van der Waals surface area (Å²) in [6, 6.07) is 3.32. The Labute approximate surface area is 340 Å². The molecule has 2 unspecified atom stereocenters. The van der Waals surface area contributed by atoms with Crippen LogP contribution in [0, 0.1) is 13.8 Å². The summed E-state index contributed by atoms with van der Waals surface area (Å²) < 4.78 is 48.3. The number of aromatic nitrogens is 8. The number of H-pyrrole nitrogens is 2. The van der Waals surface area contributed by atoms with E-state index < -0.39 is 102 Å². The smallest absolute Gasteiger partial charge is 0.480 e. The van der Waals surface area contributed by atoms with E-state index in [1.807, 2.05) is 0 Å². The number of benzene rings is 1. The van der Waals surface area contributed by atoms with E-state index in [0.717, 1.165) is 17.5 Å². The number of aliphatic hydroxyl groups excluding tert-OH is 5. The summed E-state index contributed by atoms with van der Waals surface area (Å²) in [7, 11) is -11.1. The molecule has 0 amide bonds. The van der Waals surface area contributed by atoms with Gasteiger partial charge in [-0.15, -0.1) is 4.57 Å². The highest BCUT2D eigenvalue weighted by Gasteiger charge is 2.46. The van der Waals surface area contributed by atoms with Gasteiger partial charge in [0.2, 0.25) is 5.52 Å². The van der Waals surface area contributed by atoms with E-state index in [1.54, 1.807) is 26.0 Å². The summed E-state index contributed by atoms with van der Waals surface area (Å²) in [5.41, 5.74) is 5.97. The molecule has 1 aromatic carbocycles. The number of imidazole rings is 1. The lowest BCUT2D eigenvalue weighted by Crippen LogP contribution is -2.53. The number of hydrogen-bond donors (Lipinski definition) is 11. The van der Waals surface area contributed by atoms with Crippen molar-refractivity contribution in [2.45, 2.75) is 63.2 Å². The molecule has 1 saturated heterocycles. The molecule has 328 valence electrons. The minimum atomic E-state index is -5.60. The fourth-order valence-corrected chi connectivity index (χ4v) is 8.40. The van der Waals surface area contributed by atoms with Crippen molar-refractivity contribution in [3.63, 3.8) is 0 Å². The molecule has 5 heterocycles. The number of rotatable bonds is 17. The third kappa shape index (κ3) is 9.95. The van der Waals surface area contributed by atoms with Crippen LogP contribution in [0.3, 0.4) is 0 Å². The van der Waals surface area contributed by atoms with Crippen molar-refractivity contribution in [2.24, 2.45) is 4.99 Å². The number of fused-ring (bicyclic) bond motifs is 3. The number of aliphatic hydroxyl groups is 5. The van der Waals surface area contributed by atoms with Crippen molar-refractivity contribution in [3.8, 4) is 0 Å². The fourth-order valence-electron chi connectivity index (χ4n) is 6.30. The van der Waals surface area contributed by atoms with Crippen LogP contribution >= 0.6 is 15.6 Å². The first kappa shape index (κ1) is 45.3. The van der Waals surface area contributed by atoms with E-state index in [-0.39, 0.29) is 33.7 Å². The highest BCUT2D eigenvalue weighted by Crippen LogP contribution is 2.60. The van der Waals surface area contributed by atoms with Crippen LogP contribution in [0.5, 0.6) is 0 Å². The number of nitrogens with two attached hydrogens (primary N) is 1. The predicted molar refractivity (Wildman–Crippen MR) is 205 cm³/mol. The second kappa shape index (κ2) is 18.0. The maximum absolute atomic E-state index is 13.2. The Bertz CT molecular complexity index is 2760. The lowest BCUT2D eigenvalue weighted by Gasteiger charge is -2.24. The minimum Gasteiger partial charge on any atom is -0.480 e. The molecule has 27 nitrogen and oxygen atoms in total. The molecular weight excluding hydrogens is 858 g/mol. The van der Waals surface area contributed by atoms with Gasteiger partial charge in [0.25, 0.3) is 5.52 Å². The van der Waals surface area contributed by atoms with Crippen molar-refractivity contribution in [3.05, 3.63) is 62.8 Å². The van der Waals surface area contributed by atoms with Gasteiger partial charge in [-0.3, -0.25) is 28.2 Å². The van der Waals surface area contributed by atoms with Crippen molar-refractivity contribution in [1.82, 2.24) is 29.5 Å². The van der Waals surface area contributed by atoms with Gasteiger partial charge >= 0.3 is 44.0 Å². The maximum Gasteiger partial charge on any atom is 0.481 e. The van der Waals surface area contributed by atoms with Crippen LogP contribution in [-0.2, 0) is 38.6 Å². The van der Waals surface area contributed by atoms with E-state index in [0.29, 0.717) is 5.52 Å². The van der Waals surface area contributed by atoms with Crippen molar-refractivity contribution in [2.75, 3.05) is 25.5 Å². The molecule has 61 heavy (non-hydrogen) atoms. The molecule has 6 rings (SSSR count). The number of aliphatic carboxylic acids is 1. The number of anilines is 1. The van der Waals surface area contributed by atoms with Gasteiger partial charge in [-0.25, -0.2) is 38.4 Å². The number of nitrogen functional groups attached to an aromatic ring is 1. The first-order valence-electron chi connectivity index (χ1n) is 17.8. The molecule has 0 radical (unpaired) electrons. The van der Waals surface area contributed by atoms with Gasteiger partial charge in [-0.1, -0.05) is 0 Å². The number of carboxylic acids is 1. The Kier molecular flexibility index (Phi) is 13.4. The Hall–Kier alpha value is -5.25. The van der Waals surface area contributed by atoms with E-state index >= 15 is 0 Å². The highest BCUT2D eigenvalue weighted by atomic mass is 31.3. The average molecular weight is 899 g/mol. The monoisotopic (exact) mass is 898 g/mol. The zero-order valence-electron chi connectivity index (χ0n) is 31.8. The lowest BCUT2D eigenvalue weighted by atomic mass is 10.1. The third-order valence-corrected chi connectivity index (χ3v) is 12.0. The average Bonchev–Trinajstić information content (AvgIpc) is 3.74. The summed E-state index contributed by atoms with van der Waals surface area (Å²) in [4.78, 5) is 77.1. The normalized spacial score (nSPS) is 22.0. The van der Waals surface area contributed by atoms with Crippen molar-refractivity contribution >= 4 is 73.2 Å². The predicted octanol–water partition coefficient (Wildman–Crippen LogP) is -3.44. The van der Waals surface area contributed by atoms with Gasteiger partial charge in [0.05, 0.1) is 19.5 Å². The summed E-state index contributed by atoms with van der Waals surface area (Å²) >= 11 is 0. The quantitative estimate of drug-likeness (QED) is 0.0187. The molecule has 0 spiro atoms. The van der Waals surface area contributed by atoms with Crippen LogP contribution in [0.2, 0.25) is 0 Å². The topological polar surface area (TPSA) is 405 Å². The SMILES string of the molecule is Cc1cc2c(cc1C)[n+](C[C@H](O)[C@H](O)[C@H](O)COP(=O)(O)OP(=O)(O)OC[C@H]1O[C@@H](n3cnc4c(N)ncnc43)[C@H](O)[C@@H]1O)c1[nH]c(=O)[nH]c(=O)c1[n+]2/C=C/C=NCC(=O)O. The number of ether oxygens (including phenoxy) is 1. The van der Waals surface area contributed by atoms with Gasteiger partial charge in [-0.05, 0) is 31.0 Å². The Morgan fingerprint density at radius 2 is 1.72 bits per heavy atom. The third-order valence-electron chi connectivity index (χ3n) is 9.38. The molecule has 1 aliphatic heterocycles. The number of phosphoric acid groups is 2. The number of nitrogens with zero attached hydrogens (tertiary/aromatic N) is 7. The molecule has 0 saturated carbocycles. The molecule has 12 N–H and O–H groups in total. The molecule has 0 bridgehead atoms. The second-order valence-electron chi connectivity index (χ2n) is 13.6. The van der Waals surface area contributed by atoms with E-state index in [2.05, 4.69) is 38.7 Å². The summed E-state index contributed by atoms with van der Waals surface area (Å²) in [6.45, 7) is 0.119. The summed E-state index contributed by atoms with van der Waals surface area (Å²) in [5, 5.41) is 62.7. The minimum absolute atomic E-state index is 0.0175. The van der Waals surface area contributed by atoms with Gasteiger partial charge in [0, 0.05) is 18.4 Å². The summed E-state index contributed by atoms with van der Waals surface area (Å²) in [6.07, 6.45) is -6.31. The summed E-state index contributed by atoms with van der Waals surface area (Å²) in [5.74, 6) is -1.16. The molecule has 5 aromatic rings. The number of carbonyl (C=O) groups is 1. The molecule has 4 aromatic heterocycles. The fraction of sp³-hybridized carbons (Fsp3) is 0.406. The highest BCUT2D eigenvalue weighted by molar-refractivity contribution is 7.61. The molecular formula is C32H40N10O17P2+2. The van der Waals surface area contributed by atoms with Crippen LogP contribution < -0.4 is 26.1 Å². The number of aryl methyl sites for hydroxylation is 2. The number of allylic oxidation sites excluding steroid dienone is 1. The standard InChI is InChI=1S/C32H38N10O17P2/c1-14-6-16-17(7-15(14)2)41(29-23(30(50)39-32(51)38-29)40(16)5-3-4-34-8-21(45)46)9-18(43)24(47)19(44)10-56-60(52,53)59-61(54,55)57-11-20-25(48)26(49)31(58-20)42-13-37-22-27(33)35-12-36-28(22)42/h3-7,12-13,18-20,24-26,31,43-44,47-49H,8-11H2,1-2H3,(H5-,33,35,36,39,45,46,50,51,52,53,54,55)/p+2/b5-3+,34-4?/t18-,19+,20+,24-,25+,26+,31+/m0/s1. The molecule has 1 aliphatic rings. The van der Waals surface area contributed by atoms with Gasteiger partial charge in [0.15, 0.2) is 23.9 Å². The van der Waals surface area contributed by atoms with Crippen LogP contribution in [0.4, 0.5) is 5.82 Å². The first-order chi connectivity index (χ1) is 28.7. The lowest BCUT2D eigenvalue weighted by molar-refractivity contribution is -0.667.